The second-order valence-corrected chi connectivity index (χ2v) is 8.56. The van der Waals surface area contributed by atoms with Gasteiger partial charge < -0.3 is 20.1 Å². The van der Waals surface area contributed by atoms with Gasteiger partial charge in [0.1, 0.15) is 5.75 Å². The van der Waals surface area contributed by atoms with E-state index in [9.17, 15) is 9.59 Å². The maximum Gasteiger partial charge on any atom is 0.251 e. The molecule has 1 heterocycles. The van der Waals surface area contributed by atoms with Crippen LogP contribution in [0.4, 0.5) is 0 Å². The fraction of sp³-hybridized carbons (Fsp3) is 0.417. The summed E-state index contributed by atoms with van der Waals surface area (Å²) in [5.74, 6) is 0.586. The van der Waals surface area contributed by atoms with E-state index >= 15 is 0 Å². The van der Waals surface area contributed by atoms with Gasteiger partial charge in [0.15, 0.2) is 0 Å². The van der Waals surface area contributed by atoms with E-state index in [2.05, 4.69) is 38.7 Å². The van der Waals surface area contributed by atoms with Crippen molar-refractivity contribution < 1.29 is 19.1 Å². The summed E-state index contributed by atoms with van der Waals surface area (Å²) < 4.78 is 12.0. The lowest BCUT2D eigenvalue weighted by Gasteiger charge is -2.38. The summed E-state index contributed by atoms with van der Waals surface area (Å²) in [6, 6.07) is 15.2. The zero-order chi connectivity index (χ0) is 22.1. The lowest BCUT2D eigenvalue weighted by Crippen LogP contribution is -2.45. The molecule has 0 aliphatic carbocycles. The Morgan fingerprint density at radius 2 is 1.71 bits per heavy atom. The first-order valence-corrected chi connectivity index (χ1v) is 11.4. The largest absolute Gasteiger partial charge is 0.494 e. The van der Waals surface area contributed by atoms with Gasteiger partial charge in [0.25, 0.3) is 5.91 Å². The number of ether oxygens (including phenoxy) is 2. The van der Waals surface area contributed by atoms with E-state index in [1.807, 2.05) is 31.2 Å². The van der Waals surface area contributed by atoms with Gasteiger partial charge in [-0.15, -0.1) is 0 Å². The van der Waals surface area contributed by atoms with E-state index in [1.54, 1.807) is 12.1 Å². The van der Waals surface area contributed by atoms with E-state index in [4.69, 9.17) is 9.47 Å². The number of benzene rings is 2. The fourth-order valence-corrected chi connectivity index (χ4v) is 4.01. The molecule has 0 aromatic heterocycles. The van der Waals surface area contributed by atoms with Gasteiger partial charge >= 0.3 is 0 Å². The molecule has 1 aliphatic rings. The van der Waals surface area contributed by atoms with Gasteiger partial charge in [0.2, 0.25) is 5.91 Å². The molecule has 3 rings (SSSR count). The Bertz CT molecular complexity index is 862. The molecule has 6 nitrogen and oxygen atoms in total. The molecule has 0 spiro atoms. The van der Waals surface area contributed by atoms with Crippen molar-refractivity contribution >= 4 is 27.7 Å². The third kappa shape index (κ3) is 6.55. The van der Waals surface area contributed by atoms with Crippen LogP contribution in [-0.2, 0) is 14.9 Å². The molecule has 1 aliphatic heterocycles. The summed E-state index contributed by atoms with van der Waals surface area (Å²) in [5.41, 5.74) is 1.60. The number of carbonyl (C=O) groups excluding carboxylic acids is 2. The van der Waals surface area contributed by atoms with Crippen LogP contribution >= 0.6 is 15.9 Å². The average Bonchev–Trinajstić information content (AvgIpc) is 2.79. The molecule has 166 valence electrons. The molecule has 0 saturated carbocycles. The lowest BCUT2D eigenvalue weighted by molar-refractivity contribution is -0.121. The van der Waals surface area contributed by atoms with E-state index in [1.165, 1.54) is 5.56 Å². The molecule has 0 atom stereocenters. The third-order valence-electron chi connectivity index (χ3n) is 5.60. The standard InChI is InChI=1S/C24H29BrN2O4/c1-2-31-21-9-5-19(6-10-21)24(12-15-30-16-13-24)17-27-22(28)11-14-26-23(29)18-3-7-20(25)8-4-18/h3-10H,2,11-17H2,1H3,(H,26,29)(H,27,28). The number of carbonyl (C=O) groups is 2. The first-order valence-electron chi connectivity index (χ1n) is 10.6. The van der Waals surface area contributed by atoms with Gasteiger partial charge in [-0.25, -0.2) is 0 Å². The number of nitrogens with one attached hydrogen (secondary N) is 2. The Morgan fingerprint density at radius 1 is 1.03 bits per heavy atom. The van der Waals surface area contributed by atoms with Crippen LogP contribution in [0.25, 0.3) is 0 Å². The smallest absolute Gasteiger partial charge is 0.251 e. The van der Waals surface area contributed by atoms with Crippen LogP contribution in [0.15, 0.2) is 53.0 Å². The SMILES string of the molecule is CCOc1ccc(C2(CNC(=O)CCNC(=O)c3ccc(Br)cc3)CCOCC2)cc1. The van der Waals surface area contributed by atoms with Crippen molar-refractivity contribution in [2.45, 2.75) is 31.6 Å². The second kappa shape index (κ2) is 11.3. The fourth-order valence-electron chi connectivity index (χ4n) is 3.75. The molecule has 0 radical (unpaired) electrons. The predicted octanol–water partition coefficient (Wildman–Crippen LogP) is 3.83. The lowest BCUT2D eigenvalue weighted by atomic mass is 9.74. The van der Waals surface area contributed by atoms with Crippen LogP contribution in [0.1, 0.15) is 42.1 Å². The van der Waals surface area contributed by atoms with Crippen LogP contribution in [0.2, 0.25) is 0 Å². The maximum atomic E-state index is 12.4. The van der Waals surface area contributed by atoms with Crippen LogP contribution in [0.3, 0.4) is 0 Å². The van der Waals surface area contributed by atoms with E-state index < -0.39 is 0 Å². The average molecular weight is 489 g/mol. The number of hydrogen-bond donors (Lipinski definition) is 2. The second-order valence-electron chi connectivity index (χ2n) is 7.64. The van der Waals surface area contributed by atoms with Crippen molar-refractivity contribution in [1.29, 1.82) is 0 Å². The molecular weight excluding hydrogens is 460 g/mol. The van der Waals surface area contributed by atoms with Gasteiger partial charge in [-0.2, -0.15) is 0 Å². The zero-order valence-electron chi connectivity index (χ0n) is 17.8. The normalized spacial score (nSPS) is 15.2. The molecule has 31 heavy (non-hydrogen) atoms. The highest BCUT2D eigenvalue weighted by Gasteiger charge is 2.34. The monoisotopic (exact) mass is 488 g/mol. The minimum Gasteiger partial charge on any atom is -0.494 e. The quantitative estimate of drug-likeness (QED) is 0.562. The summed E-state index contributed by atoms with van der Waals surface area (Å²) in [5, 5.41) is 5.87. The predicted molar refractivity (Wildman–Crippen MR) is 123 cm³/mol. The van der Waals surface area contributed by atoms with Gasteiger partial charge in [0.05, 0.1) is 6.61 Å². The molecule has 2 amide bonds. The van der Waals surface area contributed by atoms with E-state index in [0.29, 0.717) is 38.5 Å². The number of hydrogen-bond acceptors (Lipinski definition) is 4. The van der Waals surface area contributed by atoms with Crippen molar-refractivity contribution in [3.8, 4) is 5.75 Å². The van der Waals surface area contributed by atoms with Gasteiger partial charge in [-0.3, -0.25) is 9.59 Å². The number of rotatable bonds is 9. The Balaban J connectivity index is 1.52. The highest BCUT2D eigenvalue weighted by Crippen LogP contribution is 2.35. The summed E-state index contributed by atoms with van der Waals surface area (Å²) in [6.45, 7) is 4.78. The van der Waals surface area contributed by atoms with Crippen molar-refractivity contribution in [2.75, 3.05) is 32.9 Å². The molecule has 2 aromatic rings. The first-order chi connectivity index (χ1) is 15.0. The molecular formula is C24H29BrN2O4. The third-order valence-corrected chi connectivity index (χ3v) is 6.12. The minimum absolute atomic E-state index is 0.0760. The first kappa shape index (κ1) is 23.3. The zero-order valence-corrected chi connectivity index (χ0v) is 19.4. The van der Waals surface area contributed by atoms with Gasteiger partial charge in [-0.05, 0) is 61.7 Å². The maximum absolute atomic E-state index is 12.4. The highest BCUT2D eigenvalue weighted by atomic mass is 79.9. The van der Waals surface area contributed by atoms with Crippen LogP contribution < -0.4 is 15.4 Å². The number of amides is 2. The Labute approximate surface area is 191 Å². The molecule has 2 N–H and O–H groups in total. The van der Waals surface area contributed by atoms with Crippen LogP contribution in [0, 0.1) is 0 Å². The Hall–Kier alpha value is -2.38. The van der Waals surface area contributed by atoms with Gasteiger partial charge in [-0.1, -0.05) is 28.1 Å². The molecule has 0 bridgehead atoms. The molecule has 1 saturated heterocycles. The van der Waals surface area contributed by atoms with Crippen LogP contribution in [-0.4, -0.2) is 44.7 Å². The summed E-state index contributed by atoms with van der Waals surface area (Å²) in [6.07, 6.45) is 1.93. The summed E-state index contributed by atoms with van der Waals surface area (Å²) >= 11 is 3.35. The molecule has 1 fully saturated rings. The van der Waals surface area contributed by atoms with Crippen LogP contribution in [0.5, 0.6) is 5.75 Å². The Kier molecular flexibility index (Phi) is 8.49. The molecule has 2 aromatic carbocycles. The summed E-state index contributed by atoms with van der Waals surface area (Å²) in [7, 11) is 0. The molecule has 7 heteroatoms. The highest BCUT2D eigenvalue weighted by molar-refractivity contribution is 9.10. The van der Waals surface area contributed by atoms with Crippen molar-refractivity contribution in [2.24, 2.45) is 0 Å². The summed E-state index contributed by atoms with van der Waals surface area (Å²) in [4.78, 5) is 24.6. The van der Waals surface area contributed by atoms with Crippen molar-refractivity contribution in [3.63, 3.8) is 0 Å². The van der Waals surface area contributed by atoms with Crippen molar-refractivity contribution in [3.05, 3.63) is 64.1 Å². The Morgan fingerprint density at radius 3 is 2.35 bits per heavy atom. The van der Waals surface area contributed by atoms with Crippen molar-refractivity contribution in [1.82, 2.24) is 10.6 Å². The van der Waals surface area contributed by atoms with Gasteiger partial charge in [0, 0.05) is 48.2 Å². The van der Waals surface area contributed by atoms with E-state index in [0.717, 1.165) is 23.1 Å². The van der Waals surface area contributed by atoms with E-state index in [-0.39, 0.29) is 23.7 Å². The number of halogens is 1. The molecule has 0 unspecified atom stereocenters. The topological polar surface area (TPSA) is 76.7 Å². The minimum atomic E-state index is -0.185.